The Morgan fingerprint density at radius 2 is 2.18 bits per heavy atom. The van der Waals surface area contributed by atoms with Crippen molar-refractivity contribution in [2.75, 3.05) is 38.7 Å². The van der Waals surface area contributed by atoms with Gasteiger partial charge in [0.2, 0.25) is 0 Å². The number of nitrogens with zero attached hydrogens (tertiary/aromatic N) is 2. The number of carbonyl (C=O) groups is 1. The van der Waals surface area contributed by atoms with E-state index in [1.54, 1.807) is 25.4 Å². The summed E-state index contributed by atoms with van der Waals surface area (Å²) in [5.74, 6) is 0.606. The monoisotopic (exact) mass is 236 g/mol. The highest BCUT2D eigenvalue weighted by Crippen LogP contribution is 2.04. The van der Waals surface area contributed by atoms with Gasteiger partial charge in [-0.1, -0.05) is 0 Å². The van der Waals surface area contributed by atoms with Gasteiger partial charge in [-0.05, 0) is 12.1 Å². The van der Waals surface area contributed by atoms with E-state index in [0.717, 1.165) is 5.82 Å². The van der Waals surface area contributed by atoms with Gasteiger partial charge < -0.3 is 10.1 Å². The van der Waals surface area contributed by atoms with E-state index in [2.05, 4.69) is 15.7 Å². The van der Waals surface area contributed by atoms with E-state index in [-0.39, 0.29) is 5.91 Å². The van der Waals surface area contributed by atoms with Crippen molar-refractivity contribution in [2.45, 2.75) is 0 Å². The van der Waals surface area contributed by atoms with Crippen molar-refractivity contribution in [3.8, 4) is 0 Å². The van der Waals surface area contributed by atoms with Gasteiger partial charge in [0.25, 0.3) is 5.91 Å². The molecule has 1 aliphatic rings. The highest BCUT2D eigenvalue weighted by atomic mass is 16.5. The predicted molar refractivity (Wildman–Crippen MR) is 63.6 cm³/mol. The van der Waals surface area contributed by atoms with Crippen molar-refractivity contribution in [1.82, 2.24) is 15.4 Å². The molecule has 0 bridgehead atoms. The minimum Gasteiger partial charge on any atom is -0.379 e. The Morgan fingerprint density at radius 3 is 2.76 bits per heavy atom. The number of hydrazine groups is 1. The summed E-state index contributed by atoms with van der Waals surface area (Å²) in [7, 11) is 1.79. The van der Waals surface area contributed by atoms with Crippen molar-refractivity contribution in [3.05, 3.63) is 23.9 Å². The van der Waals surface area contributed by atoms with Crippen LogP contribution in [0.4, 0.5) is 5.82 Å². The molecule has 92 valence electrons. The summed E-state index contributed by atoms with van der Waals surface area (Å²) < 4.78 is 5.20. The molecule has 6 heteroatoms. The number of pyridine rings is 1. The van der Waals surface area contributed by atoms with Gasteiger partial charge in [0.15, 0.2) is 0 Å². The van der Waals surface area contributed by atoms with Gasteiger partial charge in [0.05, 0.1) is 18.8 Å². The SMILES string of the molecule is CNc1ccc(C(=O)NN2CCOCC2)cn1. The Hall–Kier alpha value is -1.66. The van der Waals surface area contributed by atoms with Gasteiger partial charge in [-0.3, -0.25) is 10.2 Å². The van der Waals surface area contributed by atoms with Crippen molar-refractivity contribution in [2.24, 2.45) is 0 Å². The molecule has 1 fully saturated rings. The van der Waals surface area contributed by atoms with E-state index < -0.39 is 0 Å². The summed E-state index contributed by atoms with van der Waals surface area (Å²) in [6.07, 6.45) is 1.56. The molecule has 2 N–H and O–H groups in total. The van der Waals surface area contributed by atoms with Crippen molar-refractivity contribution < 1.29 is 9.53 Å². The summed E-state index contributed by atoms with van der Waals surface area (Å²) in [6, 6.07) is 3.52. The number of morpholine rings is 1. The second-order valence-corrected chi connectivity index (χ2v) is 3.72. The zero-order valence-electron chi connectivity index (χ0n) is 9.77. The molecule has 2 rings (SSSR count). The number of carbonyl (C=O) groups excluding carboxylic acids is 1. The Kier molecular flexibility index (Phi) is 3.89. The molecule has 1 saturated heterocycles. The highest BCUT2D eigenvalue weighted by Gasteiger charge is 2.14. The fourth-order valence-corrected chi connectivity index (χ4v) is 1.56. The van der Waals surface area contributed by atoms with Crippen LogP contribution < -0.4 is 10.7 Å². The number of aromatic nitrogens is 1. The van der Waals surface area contributed by atoms with E-state index in [4.69, 9.17) is 4.74 Å². The number of ether oxygens (including phenoxy) is 1. The molecule has 0 radical (unpaired) electrons. The van der Waals surface area contributed by atoms with Crippen LogP contribution in [-0.2, 0) is 4.74 Å². The van der Waals surface area contributed by atoms with Crippen molar-refractivity contribution >= 4 is 11.7 Å². The summed E-state index contributed by atoms with van der Waals surface area (Å²) in [5.41, 5.74) is 3.38. The molecule has 0 aromatic carbocycles. The topological polar surface area (TPSA) is 66.5 Å². The first kappa shape index (κ1) is 11.8. The van der Waals surface area contributed by atoms with Crippen LogP contribution in [0.25, 0.3) is 0 Å². The van der Waals surface area contributed by atoms with Gasteiger partial charge in [-0.25, -0.2) is 9.99 Å². The number of nitrogens with one attached hydrogen (secondary N) is 2. The minimum atomic E-state index is -0.137. The average molecular weight is 236 g/mol. The molecular weight excluding hydrogens is 220 g/mol. The number of anilines is 1. The fourth-order valence-electron chi connectivity index (χ4n) is 1.56. The molecule has 0 atom stereocenters. The molecule has 2 heterocycles. The van der Waals surface area contributed by atoms with E-state index >= 15 is 0 Å². The fraction of sp³-hybridized carbons (Fsp3) is 0.455. The van der Waals surface area contributed by atoms with Gasteiger partial charge in [-0.2, -0.15) is 0 Å². The quantitative estimate of drug-likeness (QED) is 0.779. The number of amides is 1. The summed E-state index contributed by atoms with van der Waals surface area (Å²) in [4.78, 5) is 16.0. The Bertz CT molecular complexity index is 374. The first-order valence-electron chi connectivity index (χ1n) is 5.57. The Morgan fingerprint density at radius 1 is 1.41 bits per heavy atom. The lowest BCUT2D eigenvalue weighted by molar-refractivity contribution is 0.0126. The molecule has 1 amide bonds. The number of hydrogen-bond acceptors (Lipinski definition) is 5. The highest BCUT2D eigenvalue weighted by molar-refractivity contribution is 5.93. The second-order valence-electron chi connectivity index (χ2n) is 3.72. The van der Waals surface area contributed by atoms with Crippen LogP contribution in [-0.4, -0.2) is 49.3 Å². The van der Waals surface area contributed by atoms with Gasteiger partial charge in [0, 0.05) is 26.3 Å². The van der Waals surface area contributed by atoms with E-state index in [1.807, 2.05) is 5.01 Å². The average Bonchev–Trinajstić information content (AvgIpc) is 2.40. The third kappa shape index (κ3) is 3.15. The van der Waals surface area contributed by atoms with Crippen LogP contribution in [0.2, 0.25) is 0 Å². The third-order valence-electron chi connectivity index (χ3n) is 2.55. The van der Waals surface area contributed by atoms with Crippen molar-refractivity contribution in [1.29, 1.82) is 0 Å². The lowest BCUT2D eigenvalue weighted by Gasteiger charge is -2.26. The van der Waals surface area contributed by atoms with Crippen LogP contribution in [0, 0.1) is 0 Å². The molecule has 1 aromatic rings. The van der Waals surface area contributed by atoms with Gasteiger partial charge in [-0.15, -0.1) is 0 Å². The molecule has 6 nitrogen and oxygen atoms in total. The summed E-state index contributed by atoms with van der Waals surface area (Å²) in [5, 5.41) is 4.76. The third-order valence-corrected chi connectivity index (χ3v) is 2.55. The summed E-state index contributed by atoms with van der Waals surface area (Å²) in [6.45, 7) is 2.73. The molecule has 0 aliphatic carbocycles. The Labute approximate surface area is 99.9 Å². The predicted octanol–water partition coefficient (Wildman–Crippen LogP) is 0.100. The Balaban J connectivity index is 1.93. The molecule has 0 spiro atoms. The molecule has 0 unspecified atom stereocenters. The normalized spacial score (nSPS) is 16.5. The maximum absolute atomic E-state index is 11.9. The molecule has 1 aromatic heterocycles. The minimum absolute atomic E-state index is 0.137. The number of hydrogen-bond donors (Lipinski definition) is 2. The largest absolute Gasteiger partial charge is 0.379 e. The van der Waals surface area contributed by atoms with Crippen molar-refractivity contribution in [3.63, 3.8) is 0 Å². The van der Waals surface area contributed by atoms with Gasteiger partial charge >= 0.3 is 0 Å². The van der Waals surface area contributed by atoms with E-state index in [9.17, 15) is 4.79 Å². The molecule has 1 aliphatic heterocycles. The zero-order valence-corrected chi connectivity index (χ0v) is 9.77. The lowest BCUT2D eigenvalue weighted by Crippen LogP contribution is -2.48. The maximum atomic E-state index is 11.9. The van der Waals surface area contributed by atoms with Crippen LogP contribution in [0.3, 0.4) is 0 Å². The summed E-state index contributed by atoms with van der Waals surface area (Å²) >= 11 is 0. The first-order chi connectivity index (χ1) is 8.29. The van der Waals surface area contributed by atoms with Crippen LogP contribution >= 0.6 is 0 Å². The van der Waals surface area contributed by atoms with Gasteiger partial charge in [0.1, 0.15) is 5.82 Å². The standard InChI is InChI=1S/C11H16N4O2/c1-12-10-3-2-9(8-13-10)11(16)14-15-4-6-17-7-5-15/h2-3,8H,4-7H2,1H3,(H,12,13)(H,14,16). The zero-order chi connectivity index (χ0) is 12.1. The van der Waals surface area contributed by atoms with Crippen LogP contribution in [0.1, 0.15) is 10.4 Å². The maximum Gasteiger partial charge on any atom is 0.267 e. The molecule has 17 heavy (non-hydrogen) atoms. The molecular formula is C11H16N4O2. The molecule has 0 saturated carbocycles. The number of rotatable bonds is 3. The second kappa shape index (κ2) is 5.60. The van der Waals surface area contributed by atoms with Crippen LogP contribution in [0.5, 0.6) is 0 Å². The van der Waals surface area contributed by atoms with E-state index in [1.165, 1.54) is 0 Å². The van der Waals surface area contributed by atoms with E-state index in [0.29, 0.717) is 31.9 Å². The lowest BCUT2D eigenvalue weighted by atomic mass is 10.2. The smallest absolute Gasteiger partial charge is 0.267 e. The van der Waals surface area contributed by atoms with Crippen LogP contribution in [0.15, 0.2) is 18.3 Å². The first-order valence-corrected chi connectivity index (χ1v) is 5.57.